The lowest BCUT2D eigenvalue weighted by molar-refractivity contribution is 0.155. The van der Waals surface area contributed by atoms with E-state index in [1.165, 1.54) is 17.7 Å². The van der Waals surface area contributed by atoms with Crippen molar-refractivity contribution in [3.8, 4) is 0 Å². The molecule has 6 nitrogen and oxygen atoms in total. The van der Waals surface area contributed by atoms with E-state index in [9.17, 15) is 9.59 Å². The zero-order chi connectivity index (χ0) is 14.2. The molecule has 2 heterocycles. The van der Waals surface area contributed by atoms with Gasteiger partial charge in [0, 0.05) is 51.5 Å². The summed E-state index contributed by atoms with van der Waals surface area (Å²) in [4.78, 5) is 25.8. The first kappa shape index (κ1) is 14.0. The molecule has 0 radical (unpaired) electrons. The minimum absolute atomic E-state index is 0.173. The number of likely N-dealkylation sites (tertiary alicyclic amines) is 1. The van der Waals surface area contributed by atoms with Crippen LogP contribution in [0.2, 0.25) is 0 Å². The van der Waals surface area contributed by atoms with Crippen LogP contribution in [0.4, 0.5) is 0 Å². The third-order valence-corrected chi connectivity index (χ3v) is 3.78. The normalized spacial score (nSPS) is 24.6. The predicted molar refractivity (Wildman–Crippen MR) is 74.0 cm³/mol. The van der Waals surface area contributed by atoms with Gasteiger partial charge in [-0.25, -0.2) is 4.79 Å². The van der Waals surface area contributed by atoms with Crippen LogP contribution in [-0.2, 0) is 20.6 Å². The Bertz CT molecular complexity index is 565. The highest BCUT2D eigenvalue weighted by atomic mass is 16.2. The van der Waals surface area contributed by atoms with Gasteiger partial charge in [0.1, 0.15) is 0 Å². The van der Waals surface area contributed by atoms with Crippen molar-refractivity contribution in [1.82, 2.24) is 14.0 Å². The van der Waals surface area contributed by atoms with Crippen molar-refractivity contribution >= 4 is 0 Å². The van der Waals surface area contributed by atoms with E-state index < -0.39 is 0 Å². The Morgan fingerprint density at radius 3 is 2.58 bits per heavy atom. The molecule has 1 aromatic rings. The van der Waals surface area contributed by atoms with Crippen LogP contribution in [-0.4, -0.2) is 33.2 Å². The topological polar surface area (TPSA) is 73.3 Å². The molecule has 2 N–H and O–H groups in total. The first-order valence-electron chi connectivity index (χ1n) is 6.62. The molecule has 19 heavy (non-hydrogen) atoms. The SMILES string of the molecule is CC1CC(N)CN(Cc2cc(=O)n(C)c(=O)n2C)C1. The number of aromatic nitrogens is 2. The molecule has 0 aliphatic carbocycles. The van der Waals surface area contributed by atoms with Crippen molar-refractivity contribution in [2.45, 2.75) is 25.9 Å². The van der Waals surface area contributed by atoms with Crippen molar-refractivity contribution in [3.05, 3.63) is 32.6 Å². The minimum atomic E-state index is -0.281. The number of piperidine rings is 1. The molecule has 1 saturated heterocycles. The van der Waals surface area contributed by atoms with Gasteiger partial charge in [0.25, 0.3) is 5.56 Å². The Morgan fingerprint density at radius 2 is 1.95 bits per heavy atom. The zero-order valence-corrected chi connectivity index (χ0v) is 11.8. The smallest absolute Gasteiger partial charge is 0.327 e. The van der Waals surface area contributed by atoms with E-state index >= 15 is 0 Å². The maximum atomic E-state index is 11.9. The summed E-state index contributed by atoms with van der Waals surface area (Å²) >= 11 is 0. The summed E-state index contributed by atoms with van der Waals surface area (Å²) in [5.74, 6) is 0.548. The number of nitrogens with two attached hydrogens (primary N) is 1. The van der Waals surface area contributed by atoms with E-state index in [0.29, 0.717) is 12.5 Å². The molecule has 0 amide bonds. The Labute approximate surface area is 112 Å². The van der Waals surface area contributed by atoms with Crippen molar-refractivity contribution in [2.24, 2.45) is 25.7 Å². The average molecular weight is 266 g/mol. The van der Waals surface area contributed by atoms with Gasteiger partial charge in [-0.3, -0.25) is 18.8 Å². The summed E-state index contributed by atoms with van der Waals surface area (Å²) in [6.45, 7) is 4.54. The van der Waals surface area contributed by atoms with E-state index in [2.05, 4.69) is 11.8 Å². The van der Waals surface area contributed by atoms with Crippen LogP contribution in [0.5, 0.6) is 0 Å². The van der Waals surface area contributed by atoms with E-state index in [1.54, 1.807) is 7.05 Å². The fourth-order valence-electron chi connectivity index (χ4n) is 2.80. The molecule has 0 bridgehead atoms. The highest BCUT2D eigenvalue weighted by molar-refractivity contribution is 5.02. The monoisotopic (exact) mass is 266 g/mol. The summed E-state index contributed by atoms with van der Waals surface area (Å²) in [6, 6.07) is 1.71. The van der Waals surface area contributed by atoms with Crippen LogP contribution in [0, 0.1) is 5.92 Å². The van der Waals surface area contributed by atoms with E-state index in [-0.39, 0.29) is 17.3 Å². The van der Waals surface area contributed by atoms with Gasteiger partial charge in [-0.1, -0.05) is 6.92 Å². The van der Waals surface area contributed by atoms with Crippen molar-refractivity contribution in [3.63, 3.8) is 0 Å². The fourth-order valence-corrected chi connectivity index (χ4v) is 2.80. The maximum absolute atomic E-state index is 11.9. The van der Waals surface area contributed by atoms with Gasteiger partial charge in [-0.05, 0) is 12.3 Å². The first-order valence-corrected chi connectivity index (χ1v) is 6.62. The molecular formula is C13H22N4O2. The summed E-state index contributed by atoms with van der Waals surface area (Å²) in [5, 5.41) is 0. The molecule has 1 aliphatic heterocycles. The Balaban J connectivity index is 2.24. The lowest BCUT2D eigenvalue weighted by Gasteiger charge is -2.34. The molecule has 1 fully saturated rings. The third-order valence-electron chi connectivity index (χ3n) is 3.78. The van der Waals surface area contributed by atoms with Gasteiger partial charge in [0.15, 0.2) is 0 Å². The molecule has 1 aliphatic rings. The minimum Gasteiger partial charge on any atom is -0.327 e. The number of hydrogen-bond donors (Lipinski definition) is 1. The maximum Gasteiger partial charge on any atom is 0.330 e. The second kappa shape index (κ2) is 5.30. The molecule has 0 spiro atoms. The first-order chi connectivity index (χ1) is 8.88. The number of rotatable bonds is 2. The molecule has 1 aromatic heterocycles. The quantitative estimate of drug-likeness (QED) is 0.764. The molecule has 0 saturated carbocycles. The standard InChI is InChI=1S/C13H22N4O2/c1-9-4-10(14)7-17(6-9)8-11-5-12(18)16(3)13(19)15(11)2/h5,9-10H,4,6-8,14H2,1-3H3. The molecule has 0 aromatic carbocycles. The Hall–Kier alpha value is -1.40. The fraction of sp³-hybridized carbons (Fsp3) is 0.692. The van der Waals surface area contributed by atoms with Gasteiger partial charge in [-0.2, -0.15) is 0 Å². The summed E-state index contributed by atoms with van der Waals surface area (Å²) in [7, 11) is 3.19. The van der Waals surface area contributed by atoms with Crippen LogP contribution < -0.4 is 17.0 Å². The van der Waals surface area contributed by atoms with Crippen LogP contribution in [0.3, 0.4) is 0 Å². The molecule has 6 heteroatoms. The largest absolute Gasteiger partial charge is 0.330 e. The van der Waals surface area contributed by atoms with Gasteiger partial charge in [0.05, 0.1) is 0 Å². The summed E-state index contributed by atoms with van der Waals surface area (Å²) in [5.41, 5.74) is 6.22. The summed E-state index contributed by atoms with van der Waals surface area (Å²) in [6.07, 6.45) is 1.03. The van der Waals surface area contributed by atoms with Gasteiger partial charge >= 0.3 is 5.69 Å². The van der Waals surface area contributed by atoms with Crippen LogP contribution in [0.1, 0.15) is 19.0 Å². The van der Waals surface area contributed by atoms with Crippen molar-refractivity contribution in [2.75, 3.05) is 13.1 Å². The zero-order valence-electron chi connectivity index (χ0n) is 11.8. The van der Waals surface area contributed by atoms with E-state index in [4.69, 9.17) is 5.73 Å². The second-order valence-corrected chi connectivity index (χ2v) is 5.67. The number of hydrogen-bond acceptors (Lipinski definition) is 4. The third kappa shape index (κ3) is 2.96. The average Bonchev–Trinajstić information content (AvgIpc) is 2.32. The van der Waals surface area contributed by atoms with Crippen LogP contribution in [0.15, 0.2) is 15.7 Å². The summed E-state index contributed by atoms with van der Waals surface area (Å²) < 4.78 is 2.65. The lowest BCUT2D eigenvalue weighted by atomic mass is 9.96. The lowest BCUT2D eigenvalue weighted by Crippen LogP contribution is -2.47. The van der Waals surface area contributed by atoms with E-state index in [1.807, 2.05) is 0 Å². The van der Waals surface area contributed by atoms with E-state index in [0.717, 1.165) is 29.8 Å². The van der Waals surface area contributed by atoms with Crippen molar-refractivity contribution in [1.29, 1.82) is 0 Å². The molecule has 2 atom stereocenters. The van der Waals surface area contributed by atoms with Crippen LogP contribution >= 0.6 is 0 Å². The van der Waals surface area contributed by atoms with Gasteiger partial charge in [-0.15, -0.1) is 0 Å². The van der Waals surface area contributed by atoms with Crippen LogP contribution in [0.25, 0.3) is 0 Å². The Morgan fingerprint density at radius 1 is 1.26 bits per heavy atom. The van der Waals surface area contributed by atoms with Gasteiger partial charge < -0.3 is 5.73 Å². The molecular weight excluding hydrogens is 244 g/mol. The number of nitrogens with zero attached hydrogens (tertiary/aromatic N) is 3. The van der Waals surface area contributed by atoms with Gasteiger partial charge in [0.2, 0.25) is 0 Å². The molecule has 2 unspecified atom stereocenters. The second-order valence-electron chi connectivity index (χ2n) is 5.67. The molecule has 2 rings (SSSR count). The molecule has 106 valence electrons. The van der Waals surface area contributed by atoms with Crippen molar-refractivity contribution < 1.29 is 0 Å². The highest BCUT2D eigenvalue weighted by Crippen LogP contribution is 2.16. The Kier molecular flexibility index (Phi) is 3.91. The predicted octanol–water partition coefficient (Wildman–Crippen LogP) is -0.747. The highest BCUT2D eigenvalue weighted by Gasteiger charge is 2.22.